The molecule has 1 aromatic carbocycles. The molecule has 1 aliphatic rings. The molecule has 7 nitrogen and oxygen atoms in total. The largest absolute Gasteiger partial charge is 0.334 e. The second kappa shape index (κ2) is 5.45. The van der Waals surface area contributed by atoms with E-state index in [0.29, 0.717) is 12.1 Å². The quantitative estimate of drug-likeness (QED) is 0.689. The molecule has 4 rings (SSSR count). The lowest BCUT2D eigenvalue weighted by atomic mass is 10.1. The van der Waals surface area contributed by atoms with Gasteiger partial charge in [-0.3, -0.25) is 4.79 Å². The van der Waals surface area contributed by atoms with Crippen molar-refractivity contribution in [2.45, 2.75) is 12.5 Å². The molecule has 2 aromatic heterocycles. The predicted molar refractivity (Wildman–Crippen MR) is 87.6 cm³/mol. The minimum atomic E-state index is -0.550. The third kappa shape index (κ3) is 2.21. The van der Waals surface area contributed by atoms with Crippen molar-refractivity contribution in [2.75, 3.05) is 11.9 Å². The lowest BCUT2D eigenvalue weighted by Crippen LogP contribution is -2.33. The van der Waals surface area contributed by atoms with E-state index in [0.717, 1.165) is 10.5 Å². The van der Waals surface area contributed by atoms with Crippen molar-refractivity contribution in [3.63, 3.8) is 0 Å². The van der Waals surface area contributed by atoms with Gasteiger partial charge in [0.1, 0.15) is 6.04 Å². The molecule has 120 valence electrons. The van der Waals surface area contributed by atoms with Crippen molar-refractivity contribution >= 4 is 23.5 Å². The zero-order valence-electron chi connectivity index (χ0n) is 13.0. The summed E-state index contributed by atoms with van der Waals surface area (Å²) < 4.78 is 1.54. The molecule has 1 aliphatic heterocycles. The minimum Gasteiger partial charge on any atom is -0.315 e. The average Bonchev–Trinajstić information content (AvgIpc) is 3.11. The van der Waals surface area contributed by atoms with Crippen LogP contribution < -0.4 is 4.90 Å². The van der Waals surface area contributed by atoms with Crippen molar-refractivity contribution < 1.29 is 9.59 Å². The molecule has 3 heterocycles. The fourth-order valence-corrected chi connectivity index (χ4v) is 2.86. The van der Waals surface area contributed by atoms with Gasteiger partial charge >= 0.3 is 6.03 Å². The summed E-state index contributed by atoms with van der Waals surface area (Å²) in [4.78, 5) is 32.1. The second-order valence-electron chi connectivity index (χ2n) is 5.69. The Morgan fingerprint density at radius 2 is 1.79 bits per heavy atom. The maximum Gasteiger partial charge on any atom is 0.334 e. The number of aromatic nitrogens is 3. The van der Waals surface area contributed by atoms with E-state index in [4.69, 9.17) is 0 Å². The van der Waals surface area contributed by atoms with Crippen molar-refractivity contribution in [3.05, 3.63) is 60.3 Å². The molecular weight excluding hydrogens is 306 g/mol. The van der Waals surface area contributed by atoms with Gasteiger partial charge in [-0.2, -0.15) is 9.88 Å². The normalized spacial score (nSPS) is 18.0. The second-order valence-corrected chi connectivity index (χ2v) is 5.69. The Hall–Kier alpha value is -3.22. The first kappa shape index (κ1) is 14.4. The summed E-state index contributed by atoms with van der Waals surface area (Å²) in [5, 5.41) is 4.23. The molecule has 1 atom stereocenters. The Morgan fingerprint density at radius 3 is 2.54 bits per heavy atom. The fraction of sp³-hybridized carbons (Fsp3) is 0.176. The smallest absolute Gasteiger partial charge is 0.315 e. The Kier molecular flexibility index (Phi) is 3.26. The van der Waals surface area contributed by atoms with E-state index in [2.05, 4.69) is 10.1 Å². The van der Waals surface area contributed by atoms with Crippen LogP contribution in [0.1, 0.15) is 5.56 Å². The standard InChI is InChI=1S/C17H15N5O2/c1-20-13(11-12-7-3-2-4-8-12)15(23)22(17(20)24)16-18-14-9-5-6-10-21(14)19-16/h2-10,13H,11H2,1H3. The first-order valence-electron chi connectivity index (χ1n) is 7.61. The molecule has 1 unspecified atom stereocenters. The fourth-order valence-electron chi connectivity index (χ4n) is 2.86. The van der Waals surface area contributed by atoms with Crippen LogP contribution in [0, 0.1) is 0 Å². The first-order valence-corrected chi connectivity index (χ1v) is 7.61. The zero-order chi connectivity index (χ0) is 16.7. The molecule has 7 heteroatoms. The third-order valence-electron chi connectivity index (χ3n) is 4.17. The number of nitrogens with zero attached hydrogens (tertiary/aromatic N) is 5. The Labute approximate surface area is 138 Å². The van der Waals surface area contributed by atoms with Gasteiger partial charge in [-0.15, -0.1) is 5.10 Å². The highest BCUT2D eigenvalue weighted by molar-refractivity contribution is 6.20. The van der Waals surface area contributed by atoms with E-state index in [1.807, 2.05) is 42.5 Å². The number of rotatable bonds is 3. The molecule has 3 aromatic rings. The zero-order valence-corrected chi connectivity index (χ0v) is 13.0. The van der Waals surface area contributed by atoms with Gasteiger partial charge in [-0.1, -0.05) is 36.4 Å². The minimum absolute atomic E-state index is 0.110. The average molecular weight is 321 g/mol. The van der Waals surface area contributed by atoms with E-state index < -0.39 is 12.1 Å². The van der Waals surface area contributed by atoms with Gasteiger partial charge < -0.3 is 4.90 Å². The van der Waals surface area contributed by atoms with Crippen molar-refractivity contribution in [1.82, 2.24) is 19.5 Å². The number of pyridine rings is 1. The Bertz CT molecular complexity index is 888. The topological polar surface area (TPSA) is 70.8 Å². The summed E-state index contributed by atoms with van der Waals surface area (Å²) in [5.41, 5.74) is 1.59. The Morgan fingerprint density at radius 1 is 1.04 bits per heavy atom. The number of amides is 3. The number of benzene rings is 1. The molecule has 3 amide bonds. The molecule has 0 aliphatic carbocycles. The molecule has 0 spiro atoms. The van der Waals surface area contributed by atoms with Crippen LogP contribution in [-0.2, 0) is 11.2 Å². The highest BCUT2D eigenvalue weighted by atomic mass is 16.2. The summed E-state index contributed by atoms with van der Waals surface area (Å²) in [5.74, 6) is -0.194. The van der Waals surface area contributed by atoms with Gasteiger partial charge in [0, 0.05) is 19.7 Å². The number of urea groups is 1. The molecule has 1 saturated heterocycles. The van der Waals surface area contributed by atoms with Crippen LogP contribution in [0.3, 0.4) is 0 Å². The summed E-state index contributed by atoms with van der Waals surface area (Å²) >= 11 is 0. The van der Waals surface area contributed by atoms with Crippen LogP contribution in [0.4, 0.5) is 10.7 Å². The maximum atomic E-state index is 12.8. The van der Waals surface area contributed by atoms with Crippen molar-refractivity contribution in [2.24, 2.45) is 0 Å². The highest BCUT2D eigenvalue weighted by Gasteiger charge is 2.45. The number of carbonyl (C=O) groups excluding carboxylic acids is 2. The summed E-state index contributed by atoms with van der Waals surface area (Å²) in [6, 6.07) is 14.1. The number of fused-ring (bicyclic) bond motifs is 1. The van der Waals surface area contributed by atoms with Crippen LogP contribution in [0.2, 0.25) is 0 Å². The molecule has 0 saturated carbocycles. The van der Waals surface area contributed by atoms with Gasteiger partial charge in [0.25, 0.3) is 11.9 Å². The Balaban J connectivity index is 1.67. The van der Waals surface area contributed by atoms with Gasteiger partial charge in [-0.05, 0) is 17.7 Å². The van der Waals surface area contributed by atoms with Crippen LogP contribution in [0.25, 0.3) is 5.65 Å². The highest BCUT2D eigenvalue weighted by Crippen LogP contribution is 2.24. The number of imide groups is 1. The van der Waals surface area contributed by atoms with Gasteiger partial charge in [0.15, 0.2) is 5.65 Å². The van der Waals surface area contributed by atoms with Crippen molar-refractivity contribution in [3.8, 4) is 0 Å². The number of likely N-dealkylation sites (N-methyl/N-ethyl adjacent to an activating group) is 1. The monoisotopic (exact) mass is 321 g/mol. The van der Waals surface area contributed by atoms with E-state index in [-0.39, 0.29) is 11.9 Å². The first-order chi connectivity index (χ1) is 11.6. The summed E-state index contributed by atoms with van der Waals surface area (Å²) in [7, 11) is 1.63. The maximum absolute atomic E-state index is 12.8. The van der Waals surface area contributed by atoms with Gasteiger partial charge in [0.05, 0.1) is 0 Å². The molecule has 0 N–H and O–H groups in total. The molecular formula is C17H15N5O2. The number of hydrogen-bond acceptors (Lipinski definition) is 4. The number of hydrogen-bond donors (Lipinski definition) is 0. The molecule has 24 heavy (non-hydrogen) atoms. The lowest BCUT2D eigenvalue weighted by Gasteiger charge is -2.15. The van der Waals surface area contributed by atoms with Crippen LogP contribution in [-0.4, -0.2) is 44.5 Å². The van der Waals surface area contributed by atoms with E-state index in [1.54, 1.807) is 23.8 Å². The van der Waals surface area contributed by atoms with Gasteiger partial charge in [-0.25, -0.2) is 9.31 Å². The van der Waals surface area contributed by atoms with Crippen LogP contribution in [0.15, 0.2) is 54.7 Å². The number of anilines is 1. The van der Waals surface area contributed by atoms with E-state index >= 15 is 0 Å². The molecule has 1 fully saturated rings. The van der Waals surface area contributed by atoms with E-state index in [9.17, 15) is 9.59 Å². The summed E-state index contributed by atoms with van der Waals surface area (Å²) in [6.07, 6.45) is 2.19. The van der Waals surface area contributed by atoms with Gasteiger partial charge in [0.2, 0.25) is 0 Å². The van der Waals surface area contributed by atoms with Crippen LogP contribution in [0.5, 0.6) is 0 Å². The predicted octanol–water partition coefficient (Wildman–Crippen LogP) is 1.74. The molecule has 0 bridgehead atoms. The van der Waals surface area contributed by atoms with Crippen molar-refractivity contribution in [1.29, 1.82) is 0 Å². The summed E-state index contributed by atoms with van der Waals surface area (Å²) in [6.45, 7) is 0. The molecule has 0 radical (unpaired) electrons. The lowest BCUT2D eigenvalue weighted by molar-refractivity contribution is -0.119. The SMILES string of the molecule is CN1C(=O)N(c2nc3ccccn3n2)C(=O)C1Cc1ccccc1. The third-order valence-corrected chi connectivity index (χ3v) is 4.17. The van der Waals surface area contributed by atoms with Crippen LogP contribution >= 0.6 is 0 Å². The van der Waals surface area contributed by atoms with E-state index in [1.165, 1.54) is 4.90 Å². The number of carbonyl (C=O) groups is 2.